The monoisotopic (exact) mass is 425 g/mol. The van der Waals surface area contributed by atoms with Crippen molar-refractivity contribution in [3.05, 3.63) is 40.1 Å². The zero-order valence-corrected chi connectivity index (χ0v) is 19.2. The number of aliphatic hydroxyl groups excluding tert-OH is 1. The fourth-order valence-corrected chi connectivity index (χ4v) is 4.32. The minimum Gasteiger partial charge on any atom is -0.511 e. The average molecular weight is 426 g/mol. The van der Waals surface area contributed by atoms with E-state index in [9.17, 15) is 14.7 Å². The van der Waals surface area contributed by atoms with Crippen LogP contribution in [0.15, 0.2) is 17.9 Å². The average Bonchev–Trinajstić information content (AvgIpc) is 2.62. The number of hydrogen-bond acceptors (Lipinski definition) is 5. The molecule has 0 aliphatic carbocycles. The molecule has 31 heavy (non-hydrogen) atoms. The highest BCUT2D eigenvalue weighted by molar-refractivity contribution is 6.18. The second-order valence-electron chi connectivity index (χ2n) is 9.40. The number of benzene rings is 1. The number of esters is 1. The molecule has 2 aliphatic heterocycles. The number of likely N-dealkylation sites (tertiary alicyclic amines) is 1. The van der Waals surface area contributed by atoms with E-state index in [0.29, 0.717) is 31.5 Å². The Morgan fingerprint density at radius 2 is 1.77 bits per heavy atom. The lowest BCUT2D eigenvalue weighted by Crippen LogP contribution is -2.51. The van der Waals surface area contributed by atoms with E-state index in [-0.39, 0.29) is 23.8 Å². The van der Waals surface area contributed by atoms with E-state index in [0.717, 1.165) is 16.7 Å². The topological polar surface area (TPSA) is 76.1 Å². The van der Waals surface area contributed by atoms with Crippen molar-refractivity contribution in [1.29, 1.82) is 0 Å². The van der Waals surface area contributed by atoms with Crippen molar-refractivity contribution < 1.29 is 24.2 Å². The SMILES string of the molecule is CC#Cc1cc(C)c(C2=C(O)CC3(CCN(C(=O)OC(C)(C)C)CC3)OC2=O)c(C)c1. The lowest BCUT2D eigenvalue weighted by molar-refractivity contribution is -0.160. The highest BCUT2D eigenvalue weighted by Gasteiger charge is 2.46. The van der Waals surface area contributed by atoms with Crippen molar-refractivity contribution in [2.75, 3.05) is 13.1 Å². The van der Waals surface area contributed by atoms with Crippen molar-refractivity contribution >= 4 is 17.6 Å². The van der Waals surface area contributed by atoms with Gasteiger partial charge in [-0.3, -0.25) is 0 Å². The van der Waals surface area contributed by atoms with Gasteiger partial charge in [-0.25, -0.2) is 9.59 Å². The first kappa shape index (κ1) is 22.7. The molecule has 1 amide bonds. The summed E-state index contributed by atoms with van der Waals surface area (Å²) >= 11 is 0. The van der Waals surface area contributed by atoms with E-state index in [2.05, 4.69) is 11.8 Å². The molecule has 0 saturated carbocycles. The molecule has 0 aromatic heterocycles. The largest absolute Gasteiger partial charge is 0.511 e. The van der Waals surface area contributed by atoms with Crippen LogP contribution >= 0.6 is 0 Å². The van der Waals surface area contributed by atoms with Gasteiger partial charge in [-0.05, 0) is 70.4 Å². The first-order valence-corrected chi connectivity index (χ1v) is 10.6. The van der Waals surface area contributed by atoms with Crippen LogP contribution in [0.4, 0.5) is 4.79 Å². The Kier molecular flexibility index (Phi) is 6.09. The summed E-state index contributed by atoms with van der Waals surface area (Å²) in [6.45, 7) is 11.9. The molecule has 1 fully saturated rings. The van der Waals surface area contributed by atoms with Gasteiger partial charge < -0.3 is 19.5 Å². The van der Waals surface area contributed by atoms with Gasteiger partial charge in [0.25, 0.3) is 0 Å². The van der Waals surface area contributed by atoms with Crippen LogP contribution < -0.4 is 0 Å². The Morgan fingerprint density at radius 1 is 1.19 bits per heavy atom. The van der Waals surface area contributed by atoms with E-state index in [1.54, 1.807) is 11.8 Å². The quantitative estimate of drug-likeness (QED) is 0.523. The third-order valence-corrected chi connectivity index (χ3v) is 5.67. The molecule has 1 spiro atoms. The Hall–Kier alpha value is -2.94. The molecule has 3 rings (SSSR count). The van der Waals surface area contributed by atoms with E-state index in [4.69, 9.17) is 9.47 Å². The smallest absolute Gasteiger partial charge is 0.410 e. The molecular weight excluding hydrogens is 394 g/mol. The maximum Gasteiger partial charge on any atom is 0.410 e. The molecule has 2 aliphatic rings. The molecule has 0 atom stereocenters. The van der Waals surface area contributed by atoms with Crippen molar-refractivity contribution in [2.24, 2.45) is 0 Å². The highest BCUT2D eigenvalue weighted by atomic mass is 16.6. The third kappa shape index (κ3) is 4.87. The number of aryl methyl sites for hydroxylation is 2. The first-order chi connectivity index (χ1) is 14.4. The van der Waals surface area contributed by atoms with Gasteiger partial charge in [0.1, 0.15) is 22.5 Å². The fraction of sp³-hybridized carbons (Fsp3) is 0.520. The minimum atomic E-state index is -0.793. The van der Waals surface area contributed by atoms with E-state index in [1.807, 2.05) is 46.8 Å². The number of amides is 1. The predicted octanol–water partition coefficient (Wildman–Crippen LogP) is 4.66. The zero-order chi connectivity index (χ0) is 23.0. The molecule has 2 heterocycles. The van der Waals surface area contributed by atoms with Gasteiger partial charge in [0.05, 0.1) is 0 Å². The molecule has 0 unspecified atom stereocenters. The van der Waals surface area contributed by atoms with Gasteiger partial charge in [0.15, 0.2) is 0 Å². The maximum atomic E-state index is 13.0. The molecule has 166 valence electrons. The summed E-state index contributed by atoms with van der Waals surface area (Å²) in [5.41, 5.74) is 2.18. The third-order valence-electron chi connectivity index (χ3n) is 5.67. The Labute approximate surface area is 184 Å². The van der Waals surface area contributed by atoms with E-state index in [1.165, 1.54) is 0 Å². The van der Waals surface area contributed by atoms with Gasteiger partial charge >= 0.3 is 12.1 Å². The summed E-state index contributed by atoms with van der Waals surface area (Å²) in [6, 6.07) is 3.83. The Balaban J connectivity index is 1.81. The normalized spacial score (nSPS) is 18.4. The van der Waals surface area contributed by atoms with Crippen LogP contribution in [-0.4, -0.2) is 46.4 Å². The molecule has 6 nitrogen and oxygen atoms in total. The number of piperidine rings is 1. The number of nitrogens with zero attached hydrogens (tertiary/aromatic N) is 1. The number of ether oxygens (including phenoxy) is 2. The Bertz CT molecular complexity index is 972. The van der Waals surface area contributed by atoms with Crippen LogP contribution in [0.25, 0.3) is 5.57 Å². The summed E-state index contributed by atoms with van der Waals surface area (Å²) < 4.78 is 11.3. The zero-order valence-electron chi connectivity index (χ0n) is 19.2. The minimum absolute atomic E-state index is 0.0440. The van der Waals surface area contributed by atoms with Gasteiger partial charge in [-0.2, -0.15) is 0 Å². The Morgan fingerprint density at radius 3 is 2.26 bits per heavy atom. The molecule has 6 heteroatoms. The van der Waals surface area contributed by atoms with Gasteiger partial charge in [0.2, 0.25) is 0 Å². The second kappa shape index (κ2) is 8.30. The van der Waals surface area contributed by atoms with Crippen molar-refractivity contribution in [3.63, 3.8) is 0 Å². The van der Waals surface area contributed by atoms with E-state index < -0.39 is 17.2 Å². The van der Waals surface area contributed by atoms with Gasteiger partial charge in [0, 0.05) is 37.9 Å². The number of rotatable bonds is 1. The van der Waals surface area contributed by atoms with Crippen LogP contribution in [0.5, 0.6) is 0 Å². The lowest BCUT2D eigenvalue weighted by atomic mass is 9.82. The summed E-state index contributed by atoms with van der Waals surface area (Å²) in [7, 11) is 0. The molecule has 1 saturated heterocycles. The number of aliphatic hydroxyl groups is 1. The van der Waals surface area contributed by atoms with E-state index >= 15 is 0 Å². The van der Waals surface area contributed by atoms with Gasteiger partial charge in [-0.1, -0.05) is 5.92 Å². The summed E-state index contributed by atoms with van der Waals surface area (Å²) in [5.74, 6) is 5.43. The number of carbonyl (C=O) groups excluding carboxylic acids is 2. The number of carbonyl (C=O) groups is 2. The maximum absolute atomic E-state index is 13.0. The van der Waals surface area contributed by atoms with Crippen LogP contribution in [0.2, 0.25) is 0 Å². The summed E-state index contributed by atoms with van der Waals surface area (Å²) in [4.78, 5) is 27.0. The van der Waals surface area contributed by atoms with Crippen molar-refractivity contribution in [3.8, 4) is 11.8 Å². The molecule has 1 N–H and O–H groups in total. The van der Waals surface area contributed by atoms with Crippen molar-refractivity contribution in [1.82, 2.24) is 4.90 Å². The van der Waals surface area contributed by atoms with Crippen LogP contribution in [0.1, 0.15) is 69.2 Å². The number of hydrogen-bond donors (Lipinski definition) is 1. The molecular formula is C25H31NO5. The standard InChI is InChI=1S/C25H31NO5/c1-7-8-18-13-16(2)20(17(3)14-18)21-19(27)15-25(30-22(21)28)9-11-26(12-10-25)23(29)31-24(4,5)6/h13-14,27H,9-12,15H2,1-6H3. The molecule has 1 aromatic rings. The molecule has 1 aromatic carbocycles. The molecule has 0 radical (unpaired) electrons. The second-order valence-corrected chi connectivity index (χ2v) is 9.40. The van der Waals surface area contributed by atoms with Gasteiger partial charge in [-0.15, -0.1) is 5.92 Å². The van der Waals surface area contributed by atoms with Crippen molar-refractivity contribution in [2.45, 2.75) is 72.0 Å². The summed E-state index contributed by atoms with van der Waals surface area (Å²) in [6.07, 6.45) is 0.786. The first-order valence-electron chi connectivity index (χ1n) is 10.6. The lowest BCUT2D eigenvalue weighted by Gasteiger charge is -2.43. The highest BCUT2D eigenvalue weighted by Crippen LogP contribution is 2.41. The van der Waals surface area contributed by atoms with Crippen LogP contribution in [0.3, 0.4) is 0 Å². The summed E-state index contributed by atoms with van der Waals surface area (Å²) in [5, 5.41) is 10.9. The van der Waals surface area contributed by atoms with Crippen LogP contribution in [-0.2, 0) is 14.3 Å². The fourth-order valence-electron chi connectivity index (χ4n) is 4.32. The predicted molar refractivity (Wildman–Crippen MR) is 118 cm³/mol. The van der Waals surface area contributed by atoms with Crippen LogP contribution in [0, 0.1) is 25.7 Å². The molecule has 0 bridgehead atoms.